The van der Waals surface area contributed by atoms with Crippen LogP contribution in [-0.4, -0.2) is 19.5 Å². The maximum absolute atomic E-state index is 6.45. The lowest BCUT2D eigenvalue weighted by Gasteiger charge is -2.12. The summed E-state index contributed by atoms with van der Waals surface area (Å²) in [5.41, 5.74) is 6.82. The average Bonchev–Trinajstić information content (AvgIpc) is 3.56. The molecule has 0 radical (unpaired) electrons. The lowest BCUT2D eigenvalue weighted by molar-refractivity contribution is 0.645. The second kappa shape index (κ2) is 9.17. The molecule has 40 heavy (non-hydrogen) atoms. The number of hydrogen-bond acceptors (Lipinski definition) is 4. The summed E-state index contributed by atoms with van der Waals surface area (Å²) >= 11 is 0. The van der Waals surface area contributed by atoms with Crippen molar-refractivity contribution in [2.75, 3.05) is 0 Å². The van der Waals surface area contributed by atoms with E-state index in [0.29, 0.717) is 11.6 Å². The van der Waals surface area contributed by atoms with Crippen LogP contribution in [0.15, 0.2) is 126 Å². The Hall–Kier alpha value is -5.29. The average molecular weight is 517 g/mol. The van der Waals surface area contributed by atoms with E-state index in [1.165, 1.54) is 5.39 Å². The first-order chi connectivity index (χ1) is 19.8. The number of allylic oxidation sites excluding steroid dienone is 4. The number of furan rings is 1. The van der Waals surface area contributed by atoms with Crippen LogP contribution in [0.25, 0.3) is 67.0 Å². The summed E-state index contributed by atoms with van der Waals surface area (Å²) in [7, 11) is 0. The SMILES string of the molecule is C1=CCCC(c2nc(-c3ccccc3)nc(-c3cccc(-n4c5ccccc5c5c6ccccc6oc54)c3)n2)=C1. The van der Waals surface area contributed by atoms with Crippen molar-refractivity contribution in [3.05, 3.63) is 127 Å². The Morgan fingerprint density at radius 2 is 1.38 bits per heavy atom. The van der Waals surface area contributed by atoms with Gasteiger partial charge in [-0.15, -0.1) is 0 Å². The molecule has 0 saturated heterocycles. The zero-order valence-corrected chi connectivity index (χ0v) is 21.7. The Labute approximate surface area is 230 Å². The molecule has 0 unspecified atom stereocenters. The second-order valence-corrected chi connectivity index (χ2v) is 10.0. The van der Waals surface area contributed by atoms with Crippen LogP contribution in [-0.2, 0) is 0 Å². The van der Waals surface area contributed by atoms with Crippen LogP contribution in [0.1, 0.15) is 18.7 Å². The molecule has 7 aromatic rings. The molecule has 0 N–H and O–H groups in total. The maximum atomic E-state index is 6.45. The number of rotatable bonds is 4. The molecule has 3 heterocycles. The van der Waals surface area contributed by atoms with Crippen LogP contribution in [0.2, 0.25) is 0 Å². The molecule has 3 aromatic heterocycles. The highest BCUT2D eigenvalue weighted by Gasteiger charge is 2.20. The zero-order valence-electron chi connectivity index (χ0n) is 21.7. The summed E-state index contributed by atoms with van der Waals surface area (Å²) in [6.07, 6.45) is 8.26. The number of benzene rings is 4. The topological polar surface area (TPSA) is 56.7 Å². The minimum Gasteiger partial charge on any atom is -0.439 e. The van der Waals surface area contributed by atoms with Crippen LogP contribution in [0.5, 0.6) is 0 Å². The molecule has 0 atom stereocenters. The summed E-state index contributed by atoms with van der Waals surface area (Å²) in [5, 5.41) is 3.41. The van der Waals surface area contributed by atoms with Gasteiger partial charge in [-0.1, -0.05) is 97.1 Å². The van der Waals surface area contributed by atoms with Crippen molar-refractivity contribution < 1.29 is 4.42 Å². The van der Waals surface area contributed by atoms with Crippen LogP contribution in [0.3, 0.4) is 0 Å². The summed E-state index contributed by atoms with van der Waals surface area (Å²) in [6, 6.07) is 35.2. The molecular formula is C35H24N4O. The largest absolute Gasteiger partial charge is 0.439 e. The fourth-order valence-corrected chi connectivity index (χ4v) is 5.63. The second-order valence-electron chi connectivity index (χ2n) is 10.0. The van der Waals surface area contributed by atoms with Crippen molar-refractivity contribution in [2.24, 2.45) is 0 Å². The molecule has 0 bridgehead atoms. The first kappa shape index (κ1) is 22.7. The molecule has 0 amide bonds. The molecule has 5 heteroatoms. The van der Waals surface area contributed by atoms with Gasteiger partial charge in [0.05, 0.1) is 10.9 Å². The molecule has 1 aliphatic rings. The Kier molecular flexibility index (Phi) is 5.20. The quantitative estimate of drug-likeness (QED) is 0.235. The van der Waals surface area contributed by atoms with Crippen LogP contribution < -0.4 is 0 Å². The van der Waals surface area contributed by atoms with Crippen LogP contribution >= 0.6 is 0 Å². The van der Waals surface area contributed by atoms with E-state index in [2.05, 4.69) is 83.5 Å². The van der Waals surface area contributed by atoms with Gasteiger partial charge in [0, 0.05) is 27.6 Å². The van der Waals surface area contributed by atoms with Gasteiger partial charge in [-0.05, 0) is 42.7 Å². The van der Waals surface area contributed by atoms with E-state index in [0.717, 1.165) is 68.6 Å². The van der Waals surface area contributed by atoms with Gasteiger partial charge in [0.25, 0.3) is 0 Å². The van der Waals surface area contributed by atoms with E-state index in [-0.39, 0.29) is 0 Å². The summed E-state index contributed by atoms with van der Waals surface area (Å²) < 4.78 is 8.65. The van der Waals surface area contributed by atoms with E-state index in [1.54, 1.807) is 0 Å². The van der Waals surface area contributed by atoms with Gasteiger partial charge in [0.1, 0.15) is 5.58 Å². The number of nitrogens with zero attached hydrogens (tertiary/aromatic N) is 4. The lowest BCUT2D eigenvalue weighted by Crippen LogP contribution is -2.04. The molecule has 8 rings (SSSR count). The third kappa shape index (κ3) is 3.67. The molecule has 0 saturated carbocycles. The number of fused-ring (bicyclic) bond motifs is 5. The van der Waals surface area contributed by atoms with Gasteiger partial charge in [-0.3, -0.25) is 4.57 Å². The highest BCUT2D eigenvalue weighted by atomic mass is 16.3. The first-order valence-corrected chi connectivity index (χ1v) is 13.5. The Balaban J connectivity index is 1.34. The monoisotopic (exact) mass is 516 g/mol. The summed E-state index contributed by atoms with van der Waals surface area (Å²) in [4.78, 5) is 14.8. The molecule has 0 fully saturated rings. The third-order valence-electron chi connectivity index (χ3n) is 7.53. The van der Waals surface area contributed by atoms with E-state index in [9.17, 15) is 0 Å². The first-order valence-electron chi connectivity index (χ1n) is 13.5. The number of aromatic nitrogens is 4. The molecule has 4 aromatic carbocycles. The minimum absolute atomic E-state index is 0.651. The fourth-order valence-electron chi connectivity index (χ4n) is 5.63. The molecular weight excluding hydrogens is 492 g/mol. The van der Waals surface area contributed by atoms with Crippen LogP contribution in [0.4, 0.5) is 0 Å². The zero-order chi connectivity index (χ0) is 26.5. The van der Waals surface area contributed by atoms with Gasteiger partial charge in [0.15, 0.2) is 17.5 Å². The minimum atomic E-state index is 0.651. The highest BCUT2D eigenvalue weighted by molar-refractivity contribution is 6.19. The maximum Gasteiger partial charge on any atom is 0.213 e. The Morgan fingerprint density at radius 3 is 2.23 bits per heavy atom. The smallest absolute Gasteiger partial charge is 0.213 e. The van der Waals surface area contributed by atoms with E-state index in [1.807, 2.05) is 42.5 Å². The highest BCUT2D eigenvalue weighted by Crippen LogP contribution is 2.39. The fraction of sp³-hybridized carbons (Fsp3) is 0.0571. The van der Waals surface area contributed by atoms with Crippen molar-refractivity contribution in [2.45, 2.75) is 12.8 Å². The normalized spacial score (nSPS) is 13.3. The van der Waals surface area contributed by atoms with Gasteiger partial charge in [-0.25, -0.2) is 15.0 Å². The van der Waals surface area contributed by atoms with E-state index < -0.39 is 0 Å². The molecule has 0 aliphatic heterocycles. The van der Waals surface area contributed by atoms with Crippen molar-refractivity contribution in [1.29, 1.82) is 0 Å². The van der Waals surface area contributed by atoms with Gasteiger partial charge < -0.3 is 4.42 Å². The van der Waals surface area contributed by atoms with Gasteiger partial charge >= 0.3 is 0 Å². The van der Waals surface area contributed by atoms with Crippen LogP contribution in [0, 0.1) is 0 Å². The molecule has 5 nitrogen and oxygen atoms in total. The van der Waals surface area contributed by atoms with E-state index >= 15 is 0 Å². The van der Waals surface area contributed by atoms with Crippen molar-refractivity contribution >= 4 is 38.5 Å². The summed E-state index contributed by atoms with van der Waals surface area (Å²) in [6.45, 7) is 0. The lowest BCUT2D eigenvalue weighted by atomic mass is 10.0. The summed E-state index contributed by atoms with van der Waals surface area (Å²) in [5.74, 6) is 2.05. The van der Waals surface area contributed by atoms with Crippen molar-refractivity contribution in [3.8, 4) is 28.5 Å². The molecule has 1 aliphatic carbocycles. The predicted molar refractivity (Wildman–Crippen MR) is 161 cm³/mol. The third-order valence-corrected chi connectivity index (χ3v) is 7.53. The van der Waals surface area contributed by atoms with Crippen molar-refractivity contribution in [3.63, 3.8) is 0 Å². The van der Waals surface area contributed by atoms with Gasteiger partial charge in [0.2, 0.25) is 5.71 Å². The molecule has 0 spiro atoms. The predicted octanol–water partition coefficient (Wildman–Crippen LogP) is 8.78. The number of para-hydroxylation sites is 2. The van der Waals surface area contributed by atoms with Gasteiger partial charge in [-0.2, -0.15) is 0 Å². The standard InChI is InChI=1S/C35H24N4O/c1-3-12-23(13-4-1)32-36-33(24-14-5-2-6-15-24)38-34(37-32)25-16-11-17-26(22-25)39-29-20-9-7-18-27(29)31-28-19-8-10-21-30(28)40-35(31)39/h1-5,7-14,16-22H,6,15H2. The Bertz CT molecular complexity index is 2110. The molecule has 190 valence electrons. The van der Waals surface area contributed by atoms with Crippen molar-refractivity contribution in [1.82, 2.24) is 19.5 Å². The number of hydrogen-bond donors (Lipinski definition) is 0. The Morgan fingerprint density at radius 1 is 0.650 bits per heavy atom. The van der Waals surface area contributed by atoms with E-state index in [4.69, 9.17) is 19.4 Å².